The SMILES string of the molecule is CNC(=O)c1c(-c2ccc(F)cc2)oc2ccc(-c3cccc(C(=O)N[C@@H](CO)C(N)=O)c3)cc12. The molecule has 0 aliphatic rings. The Kier molecular flexibility index (Phi) is 6.61. The predicted octanol–water partition coefficient (Wildman–Crippen LogP) is 2.84. The van der Waals surface area contributed by atoms with E-state index in [1.807, 2.05) is 0 Å². The van der Waals surface area contributed by atoms with Crippen molar-refractivity contribution in [1.82, 2.24) is 10.6 Å². The van der Waals surface area contributed by atoms with Gasteiger partial charge in [0, 0.05) is 23.6 Å². The van der Waals surface area contributed by atoms with Crippen molar-refractivity contribution in [3.63, 3.8) is 0 Å². The van der Waals surface area contributed by atoms with Crippen molar-refractivity contribution in [2.75, 3.05) is 13.7 Å². The van der Waals surface area contributed by atoms with Crippen LogP contribution in [0.1, 0.15) is 20.7 Å². The summed E-state index contributed by atoms with van der Waals surface area (Å²) < 4.78 is 19.4. The number of primary amides is 1. The van der Waals surface area contributed by atoms with Crippen molar-refractivity contribution < 1.29 is 28.3 Å². The Morgan fingerprint density at radius 2 is 1.66 bits per heavy atom. The van der Waals surface area contributed by atoms with Crippen LogP contribution in [0, 0.1) is 5.82 Å². The molecule has 3 aromatic carbocycles. The highest BCUT2D eigenvalue weighted by Gasteiger charge is 2.22. The van der Waals surface area contributed by atoms with E-state index in [4.69, 9.17) is 10.2 Å². The van der Waals surface area contributed by atoms with E-state index in [9.17, 15) is 23.9 Å². The van der Waals surface area contributed by atoms with E-state index in [1.165, 1.54) is 31.3 Å². The molecule has 35 heavy (non-hydrogen) atoms. The lowest BCUT2D eigenvalue weighted by molar-refractivity contribution is -0.120. The van der Waals surface area contributed by atoms with Gasteiger partial charge in [-0.2, -0.15) is 0 Å². The third kappa shape index (κ3) is 4.75. The predicted molar refractivity (Wildman–Crippen MR) is 128 cm³/mol. The number of amides is 3. The molecular weight excluding hydrogens is 453 g/mol. The molecule has 5 N–H and O–H groups in total. The zero-order valence-corrected chi connectivity index (χ0v) is 18.7. The summed E-state index contributed by atoms with van der Waals surface area (Å²) in [7, 11) is 1.51. The first kappa shape index (κ1) is 23.7. The minimum Gasteiger partial charge on any atom is -0.455 e. The molecule has 0 bridgehead atoms. The summed E-state index contributed by atoms with van der Waals surface area (Å²) in [6, 6.07) is 16.4. The molecule has 1 atom stereocenters. The number of nitrogens with one attached hydrogen (secondary N) is 2. The Bertz CT molecular complexity index is 1430. The molecule has 1 aromatic heterocycles. The first-order valence-corrected chi connectivity index (χ1v) is 10.7. The molecule has 0 radical (unpaired) electrons. The lowest BCUT2D eigenvalue weighted by Gasteiger charge is -2.13. The van der Waals surface area contributed by atoms with Gasteiger partial charge in [0.1, 0.15) is 23.2 Å². The number of halogens is 1. The Labute approximate surface area is 199 Å². The first-order valence-electron chi connectivity index (χ1n) is 10.7. The summed E-state index contributed by atoms with van der Waals surface area (Å²) in [6.45, 7) is -0.615. The van der Waals surface area contributed by atoms with E-state index in [0.29, 0.717) is 39.0 Å². The van der Waals surface area contributed by atoms with E-state index in [0.717, 1.165) is 0 Å². The van der Waals surface area contributed by atoms with Crippen molar-refractivity contribution in [1.29, 1.82) is 0 Å². The van der Waals surface area contributed by atoms with E-state index in [2.05, 4.69) is 10.6 Å². The second kappa shape index (κ2) is 9.78. The lowest BCUT2D eigenvalue weighted by Crippen LogP contribution is -2.46. The summed E-state index contributed by atoms with van der Waals surface area (Å²) in [6.07, 6.45) is 0. The molecule has 8 nitrogen and oxygen atoms in total. The highest BCUT2D eigenvalue weighted by Crippen LogP contribution is 2.36. The molecule has 0 aliphatic carbocycles. The topological polar surface area (TPSA) is 135 Å². The molecule has 0 aliphatic heterocycles. The summed E-state index contributed by atoms with van der Waals surface area (Å²) in [5, 5.41) is 14.8. The first-order chi connectivity index (χ1) is 16.8. The monoisotopic (exact) mass is 475 g/mol. The minimum atomic E-state index is -1.20. The fraction of sp³-hybridized carbons (Fsp3) is 0.115. The van der Waals surface area contributed by atoms with Crippen molar-refractivity contribution in [2.45, 2.75) is 6.04 Å². The second-order valence-electron chi connectivity index (χ2n) is 7.79. The number of furan rings is 1. The van der Waals surface area contributed by atoms with Crippen LogP contribution in [-0.4, -0.2) is 42.5 Å². The molecule has 4 aromatic rings. The third-order valence-corrected chi connectivity index (χ3v) is 5.54. The fourth-order valence-corrected chi connectivity index (χ4v) is 3.72. The molecule has 1 heterocycles. The van der Waals surface area contributed by atoms with Crippen molar-refractivity contribution in [3.8, 4) is 22.5 Å². The van der Waals surface area contributed by atoms with Gasteiger partial charge in [-0.05, 0) is 59.7 Å². The van der Waals surface area contributed by atoms with Gasteiger partial charge in [-0.3, -0.25) is 14.4 Å². The van der Waals surface area contributed by atoms with Gasteiger partial charge in [-0.15, -0.1) is 0 Å². The van der Waals surface area contributed by atoms with Gasteiger partial charge in [-0.1, -0.05) is 18.2 Å². The quantitative estimate of drug-likeness (QED) is 0.326. The maximum absolute atomic E-state index is 13.4. The van der Waals surface area contributed by atoms with Gasteiger partial charge < -0.3 is 25.9 Å². The Balaban J connectivity index is 1.76. The zero-order valence-electron chi connectivity index (χ0n) is 18.7. The number of nitrogens with two attached hydrogens (primary N) is 1. The van der Waals surface area contributed by atoms with Crippen LogP contribution < -0.4 is 16.4 Å². The average molecular weight is 475 g/mol. The van der Waals surface area contributed by atoms with Crippen LogP contribution >= 0.6 is 0 Å². The van der Waals surface area contributed by atoms with Gasteiger partial charge in [0.2, 0.25) is 5.91 Å². The standard InChI is InChI=1S/C26H22FN3O5/c1-29-26(34)22-19-12-16(7-10-21(19)35-23(22)14-5-8-18(27)9-6-14)15-3-2-4-17(11-15)25(33)30-20(13-31)24(28)32/h2-12,20,31H,13H2,1H3,(H2,28,32)(H,29,34)(H,30,33)/t20-/m0/s1. The van der Waals surface area contributed by atoms with Crippen LogP contribution in [-0.2, 0) is 4.79 Å². The summed E-state index contributed by atoms with van der Waals surface area (Å²) in [5.74, 6) is -1.88. The average Bonchev–Trinajstić information content (AvgIpc) is 3.25. The van der Waals surface area contributed by atoms with E-state index in [1.54, 1.807) is 42.5 Å². The minimum absolute atomic E-state index is 0.257. The smallest absolute Gasteiger partial charge is 0.255 e. The Morgan fingerprint density at radius 1 is 0.971 bits per heavy atom. The fourth-order valence-electron chi connectivity index (χ4n) is 3.72. The molecule has 0 unspecified atom stereocenters. The highest BCUT2D eigenvalue weighted by atomic mass is 19.1. The lowest BCUT2D eigenvalue weighted by atomic mass is 9.99. The number of aliphatic hydroxyl groups excluding tert-OH is 1. The molecule has 0 spiro atoms. The molecule has 9 heteroatoms. The molecule has 4 rings (SSSR count). The maximum Gasteiger partial charge on any atom is 0.255 e. The normalized spacial score (nSPS) is 11.7. The Morgan fingerprint density at radius 3 is 2.31 bits per heavy atom. The number of aliphatic hydroxyl groups is 1. The number of hydrogen-bond donors (Lipinski definition) is 4. The Hall–Kier alpha value is -4.50. The number of fused-ring (bicyclic) bond motifs is 1. The van der Waals surface area contributed by atoms with Crippen molar-refractivity contribution in [3.05, 3.63) is 83.7 Å². The van der Waals surface area contributed by atoms with Crippen LogP contribution in [0.5, 0.6) is 0 Å². The van der Waals surface area contributed by atoms with Crippen LogP contribution in [0.2, 0.25) is 0 Å². The van der Waals surface area contributed by atoms with Crippen molar-refractivity contribution in [2.24, 2.45) is 5.73 Å². The molecular formula is C26H22FN3O5. The van der Waals surface area contributed by atoms with Gasteiger partial charge in [0.25, 0.3) is 11.8 Å². The van der Waals surface area contributed by atoms with Crippen LogP contribution in [0.25, 0.3) is 33.4 Å². The summed E-state index contributed by atoms with van der Waals surface area (Å²) >= 11 is 0. The van der Waals surface area contributed by atoms with Crippen molar-refractivity contribution >= 4 is 28.7 Å². The number of carbonyl (C=O) groups excluding carboxylic acids is 3. The molecule has 0 fully saturated rings. The van der Waals surface area contributed by atoms with E-state index in [-0.39, 0.29) is 11.5 Å². The van der Waals surface area contributed by atoms with E-state index >= 15 is 0 Å². The summed E-state index contributed by atoms with van der Waals surface area (Å²) in [4.78, 5) is 36.7. The number of hydrogen-bond acceptors (Lipinski definition) is 5. The molecule has 0 saturated heterocycles. The van der Waals surface area contributed by atoms with Crippen LogP contribution in [0.3, 0.4) is 0 Å². The van der Waals surface area contributed by atoms with Gasteiger partial charge in [-0.25, -0.2) is 4.39 Å². The third-order valence-electron chi connectivity index (χ3n) is 5.54. The van der Waals surface area contributed by atoms with Gasteiger partial charge >= 0.3 is 0 Å². The molecule has 0 saturated carbocycles. The van der Waals surface area contributed by atoms with E-state index < -0.39 is 30.3 Å². The van der Waals surface area contributed by atoms with Crippen LogP contribution in [0.15, 0.2) is 71.1 Å². The van der Waals surface area contributed by atoms with Gasteiger partial charge in [0.15, 0.2) is 0 Å². The van der Waals surface area contributed by atoms with Gasteiger partial charge in [0.05, 0.1) is 12.2 Å². The zero-order chi connectivity index (χ0) is 25.1. The highest BCUT2D eigenvalue weighted by molar-refractivity contribution is 6.12. The number of rotatable bonds is 7. The number of carbonyl (C=O) groups is 3. The van der Waals surface area contributed by atoms with Crippen LogP contribution in [0.4, 0.5) is 4.39 Å². The second-order valence-corrected chi connectivity index (χ2v) is 7.79. The number of benzene rings is 3. The maximum atomic E-state index is 13.4. The molecule has 3 amide bonds. The molecule has 178 valence electrons. The summed E-state index contributed by atoms with van der Waals surface area (Å²) in [5.41, 5.74) is 8.13. The largest absolute Gasteiger partial charge is 0.455 e.